The lowest BCUT2D eigenvalue weighted by Gasteiger charge is -2.25. The molecule has 0 aliphatic rings. The van der Waals surface area contributed by atoms with E-state index in [1.165, 1.54) is 83.0 Å². The van der Waals surface area contributed by atoms with E-state index in [1.54, 1.807) is 0 Å². The minimum absolute atomic E-state index is 1.22. The molecule has 0 aromatic heterocycles. The third-order valence-corrected chi connectivity index (χ3v) is 4.18. The number of hydrogen-bond donors (Lipinski definition) is 0. The van der Waals surface area contributed by atoms with Crippen molar-refractivity contribution in [3.63, 3.8) is 0 Å². The van der Waals surface area contributed by atoms with Crippen molar-refractivity contribution in [3.05, 3.63) is 30.3 Å². The summed E-state index contributed by atoms with van der Waals surface area (Å²) < 4.78 is 0. The average Bonchev–Trinajstić information content (AvgIpc) is 2.53. The maximum Gasteiger partial charge on any atom is 0.0366 e. The lowest BCUT2D eigenvalue weighted by atomic mass is 10.1. The average molecular weight is 290 g/mol. The number of anilines is 1. The van der Waals surface area contributed by atoms with E-state index < -0.39 is 0 Å². The first-order valence-corrected chi connectivity index (χ1v) is 9.18. The highest BCUT2D eigenvalue weighted by atomic mass is 15.1. The predicted molar refractivity (Wildman–Crippen MR) is 96.2 cm³/mol. The van der Waals surface area contributed by atoms with E-state index in [-0.39, 0.29) is 0 Å². The molecule has 1 rings (SSSR count). The monoisotopic (exact) mass is 289 g/mol. The minimum atomic E-state index is 1.22. The highest BCUT2D eigenvalue weighted by Crippen LogP contribution is 2.16. The van der Waals surface area contributed by atoms with Crippen LogP contribution in [-0.2, 0) is 0 Å². The molecule has 0 saturated carbocycles. The van der Waals surface area contributed by atoms with Crippen molar-refractivity contribution in [3.8, 4) is 0 Å². The van der Waals surface area contributed by atoms with Gasteiger partial charge in [0.05, 0.1) is 0 Å². The maximum atomic E-state index is 2.59. The molecule has 21 heavy (non-hydrogen) atoms. The molecule has 0 unspecified atom stereocenters. The fraction of sp³-hybridized carbons (Fsp3) is 0.700. The number of nitrogens with zero attached hydrogens (tertiary/aromatic N) is 1. The summed E-state index contributed by atoms with van der Waals surface area (Å²) >= 11 is 0. The third-order valence-electron chi connectivity index (χ3n) is 4.18. The van der Waals surface area contributed by atoms with Gasteiger partial charge in [0.1, 0.15) is 0 Å². The molecule has 1 heteroatoms. The molecule has 0 aliphatic carbocycles. The molecule has 0 bridgehead atoms. The highest BCUT2D eigenvalue weighted by Gasteiger charge is 2.05. The normalized spacial score (nSPS) is 10.8. The van der Waals surface area contributed by atoms with Crippen molar-refractivity contribution in [2.45, 2.75) is 78.1 Å². The van der Waals surface area contributed by atoms with Gasteiger partial charge in [0, 0.05) is 18.8 Å². The molecule has 0 saturated heterocycles. The first-order valence-electron chi connectivity index (χ1n) is 9.18. The molecule has 1 nitrogen and oxygen atoms in total. The zero-order valence-electron chi connectivity index (χ0n) is 14.3. The fourth-order valence-corrected chi connectivity index (χ4v) is 2.82. The summed E-state index contributed by atoms with van der Waals surface area (Å²) in [4.78, 5) is 2.59. The van der Waals surface area contributed by atoms with E-state index in [4.69, 9.17) is 0 Å². The summed E-state index contributed by atoms with van der Waals surface area (Å²) in [5.74, 6) is 0. The molecule has 120 valence electrons. The van der Waals surface area contributed by atoms with Gasteiger partial charge in [0.25, 0.3) is 0 Å². The summed E-state index contributed by atoms with van der Waals surface area (Å²) in [6.45, 7) is 7.01. The van der Waals surface area contributed by atoms with Crippen molar-refractivity contribution in [1.29, 1.82) is 0 Å². The summed E-state index contributed by atoms with van der Waals surface area (Å²) in [5.41, 5.74) is 1.41. The van der Waals surface area contributed by atoms with Gasteiger partial charge >= 0.3 is 0 Å². The van der Waals surface area contributed by atoms with Crippen LogP contribution in [0.25, 0.3) is 0 Å². The number of hydrogen-bond acceptors (Lipinski definition) is 1. The fourth-order valence-electron chi connectivity index (χ4n) is 2.82. The molecule has 0 atom stereocenters. The molecule has 0 N–H and O–H groups in total. The van der Waals surface area contributed by atoms with Crippen molar-refractivity contribution < 1.29 is 0 Å². The topological polar surface area (TPSA) is 3.24 Å². The van der Waals surface area contributed by atoms with Crippen LogP contribution >= 0.6 is 0 Å². The Balaban J connectivity index is 2.30. The third kappa shape index (κ3) is 8.80. The predicted octanol–water partition coefficient (Wildman–Crippen LogP) is 6.43. The Morgan fingerprint density at radius 2 is 1.10 bits per heavy atom. The molecule has 1 aromatic rings. The Hall–Kier alpha value is -0.980. The quantitative estimate of drug-likeness (QED) is 0.378. The van der Waals surface area contributed by atoms with Gasteiger partial charge in [-0.15, -0.1) is 0 Å². The Kier molecular flexibility index (Phi) is 11.0. The molecular weight excluding hydrogens is 254 g/mol. The Morgan fingerprint density at radius 1 is 0.619 bits per heavy atom. The number of unbranched alkanes of at least 4 members (excludes halogenated alkanes) is 8. The van der Waals surface area contributed by atoms with Gasteiger partial charge in [-0.25, -0.2) is 0 Å². The Labute approximate surface area is 132 Å². The zero-order chi connectivity index (χ0) is 15.2. The zero-order valence-corrected chi connectivity index (χ0v) is 14.3. The van der Waals surface area contributed by atoms with Crippen molar-refractivity contribution in [2.75, 3.05) is 18.0 Å². The molecule has 0 radical (unpaired) electrons. The largest absolute Gasteiger partial charge is 0.372 e. The molecule has 1 aromatic carbocycles. The molecule has 0 fully saturated rings. The second-order valence-corrected chi connectivity index (χ2v) is 6.15. The molecule has 0 aliphatic heterocycles. The van der Waals surface area contributed by atoms with Crippen molar-refractivity contribution >= 4 is 5.69 Å². The Bertz CT molecular complexity index is 320. The van der Waals surface area contributed by atoms with Gasteiger partial charge in [-0.2, -0.15) is 0 Å². The maximum absolute atomic E-state index is 2.59. The van der Waals surface area contributed by atoms with E-state index in [0.717, 1.165) is 0 Å². The summed E-state index contributed by atoms with van der Waals surface area (Å²) in [6, 6.07) is 11.0. The lowest BCUT2D eigenvalue weighted by Crippen LogP contribution is -2.25. The van der Waals surface area contributed by atoms with Crippen LogP contribution in [0.15, 0.2) is 30.3 Å². The van der Waals surface area contributed by atoms with Crippen LogP contribution in [-0.4, -0.2) is 13.1 Å². The van der Waals surface area contributed by atoms with Gasteiger partial charge in [-0.05, 0) is 25.0 Å². The summed E-state index contributed by atoms with van der Waals surface area (Å²) in [6.07, 6.45) is 13.7. The van der Waals surface area contributed by atoms with Crippen LogP contribution in [0.3, 0.4) is 0 Å². The van der Waals surface area contributed by atoms with E-state index >= 15 is 0 Å². The molecule has 0 heterocycles. The van der Waals surface area contributed by atoms with Crippen LogP contribution in [0, 0.1) is 0 Å². The first-order chi connectivity index (χ1) is 10.4. The standard InChI is InChI=1S/C20H35N/c1-3-5-7-9-10-15-19-21(18-14-8-6-4-2)20-16-12-11-13-17-20/h11-13,16-17H,3-10,14-15,18-19H2,1-2H3. The van der Waals surface area contributed by atoms with E-state index in [9.17, 15) is 0 Å². The second kappa shape index (κ2) is 12.7. The smallest absolute Gasteiger partial charge is 0.0366 e. The SMILES string of the molecule is CCCCCCCCN(CCCCCC)c1ccccc1. The van der Waals surface area contributed by atoms with Crippen LogP contribution in [0.5, 0.6) is 0 Å². The molecule has 0 amide bonds. The van der Waals surface area contributed by atoms with Crippen LogP contribution in [0.4, 0.5) is 5.69 Å². The van der Waals surface area contributed by atoms with Crippen LogP contribution < -0.4 is 4.90 Å². The Morgan fingerprint density at radius 3 is 1.67 bits per heavy atom. The van der Waals surface area contributed by atoms with Gasteiger partial charge in [0.2, 0.25) is 0 Å². The van der Waals surface area contributed by atoms with Gasteiger partial charge < -0.3 is 4.90 Å². The van der Waals surface area contributed by atoms with E-state index in [1.807, 2.05) is 0 Å². The van der Waals surface area contributed by atoms with Crippen molar-refractivity contribution in [1.82, 2.24) is 0 Å². The van der Waals surface area contributed by atoms with Gasteiger partial charge in [-0.1, -0.05) is 83.4 Å². The molecule has 0 spiro atoms. The van der Waals surface area contributed by atoms with Gasteiger partial charge in [0.15, 0.2) is 0 Å². The van der Waals surface area contributed by atoms with Gasteiger partial charge in [-0.3, -0.25) is 0 Å². The number of benzene rings is 1. The summed E-state index contributed by atoms with van der Waals surface area (Å²) in [7, 11) is 0. The van der Waals surface area contributed by atoms with Crippen LogP contribution in [0.1, 0.15) is 78.1 Å². The highest BCUT2D eigenvalue weighted by molar-refractivity contribution is 5.45. The van der Waals surface area contributed by atoms with Crippen molar-refractivity contribution in [2.24, 2.45) is 0 Å². The number of rotatable bonds is 13. The molecular formula is C20H35N. The minimum Gasteiger partial charge on any atom is -0.372 e. The van der Waals surface area contributed by atoms with E-state index in [0.29, 0.717) is 0 Å². The first kappa shape index (κ1) is 18.1. The van der Waals surface area contributed by atoms with E-state index in [2.05, 4.69) is 49.1 Å². The summed E-state index contributed by atoms with van der Waals surface area (Å²) in [5, 5.41) is 0. The number of para-hydroxylation sites is 1. The lowest BCUT2D eigenvalue weighted by molar-refractivity contribution is 0.585. The van der Waals surface area contributed by atoms with Crippen LogP contribution in [0.2, 0.25) is 0 Å². The second-order valence-electron chi connectivity index (χ2n) is 6.15.